The summed E-state index contributed by atoms with van der Waals surface area (Å²) < 4.78 is 17.8. The van der Waals surface area contributed by atoms with E-state index in [2.05, 4.69) is 19.8 Å². The first kappa shape index (κ1) is 15.5. The van der Waals surface area contributed by atoms with E-state index >= 15 is 0 Å². The van der Waals surface area contributed by atoms with Crippen molar-refractivity contribution in [3.05, 3.63) is 29.5 Å². The Bertz CT molecular complexity index is 920. The molecule has 10 heteroatoms. The molecule has 0 saturated heterocycles. The minimum absolute atomic E-state index is 0.0729. The first-order valence-corrected chi connectivity index (χ1v) is 8.21. The Morgan fingerprint density at radius 3 is 3.00 bits per heavy atom. The number of aromatic nitrogens is 4. The van der Waals surface area contributed by atoms with Gasteiger partial charge in [0.25, 0.3) is 0 Å². The van der Waals surface area contributed by atoms with Gasteiger partial charge in [-0.15, -0.1) is 0 Å². The number of halogens is 1. The van der Waals surface area contributed by atoms with Gasteiger partial charge in [0.05, 0.1) is 44.1 Å². The van der Waals surface area contributed by atoms with E-state index in [-0.39, 0.29) is 5.75 Å². The van der Waals surface area contributed by atoms with Crippen LogP contribution in [0.15, 0.2) is 29.4 Å². The molecule has 0 aliphatic heterocycles. The number of imidazole rings is 1. The Morgan fingerprint density at radius 2 is 2.30 bits per heavy atom. The van der Waals surface area contributed by atoms with Gasteiger partial charge in [-0.05, 0) is 12.1 Å². The second-order valence-corrected chi connectivity index (χ2v) is 6.60. The molecule has 0 amide bonds. The molecule has 2 aromatic heterocycles. The molecule has 120 valence electrons. The molecular weight excluding hydrogens is 344 g/mol. The summed E-state index contributed by atoms with van der Waals surface area (Å²) >= 11 is 6.14. The summed E-state index contributed by atoms with van der Waals surface area (Å²) in [6.45, 7) is 1.81. The molecule has 0 fully saturated rings. The lowest BCUT2D eigenvalue weighted by Crippen LogP contribution is -2.02. The van der Waals surface area contributed by atoms with Crippen LogP contribution in [-0.4, -0.2) is 41.0 Å². The number of fused-ring (bicyclic) bond motifs is 1. The first-order valence-electron chi connectivity index (χ1n) is 6.51. The highest BCUT2D eigenvalue weighted by atomic mass is 35.5. The summed E-state index contributed by atoms with van der Waals surface area (Å²) in [4.78, 5) is 18.4. The van der Waals surface area contributed by atoms with Crippen LogP contribution in [0.5, 0.6) is 5.75 Å². The molecule has 0 aliphatic rings. The molecule has 23 heavy (non-hydrogen) atoms. The van der Waals surface area contributed by atoms with Gasteiger partial charge < -0.3 is 14.8 Å². The lowest BCUT2D eigenvalue weighted by atomic mass is 10.3. The number of rotatable bonds is 4. The van der Waals surface area contributed by atoms with Gasteiger partial charge in [-0.25, -0.2) is 14.5 Å². The van der Waals surface area contributed by atoms with Crippen LogP contribution in [-0.2, 0) is 10.8 Å². The van der Waals surface area contributed by atoms with Crippen LogP contribution >= 0.6 is 11.6 Å². The fraction of sp³-hybridized carbons (Fsp3) is 0.154. The molecule has 0 spiro atoms. The van der Waals surface area contributed by atoms with E-state index in [0.29, 0.717) is 32.7 Å². The SMILES string of the molecule is CCS(=O)c1cc2[nH]c(-n3cc(OC(=O)O)cn3)nc2cc1Cl. The average molecular weight is 355 g/mol. The number of aromatic amines is 1. The third-order valence-electron chi connectivity index (χ3n) is 3.01. The molecule has 2 N–H and O–H groups in total. The predicted molar refractivity (Wildman–Crippen MR) is 83.8 cm³/mol. The molecule has 2 heterocycles. The van der Waals surface area contributed by atoms with Gasteiger partial charge in [0.2, 0.25) is 5.95 Å². The number of hydrogen-bond acceptors (Lipinski definition) is 5. The van der Waals surface area contributed by atoms with E-state index in [1.807, 2.05) is 6.92 Å². The number of nitrogens with one attached hydrogen (secondary N) is 1. The monoisotopic (exact) mass is 354 g/mol. The van der Waals surface area contributed by atoms with E-state index in [0.717, 1.165) is 0 Å². The number of carboxylic acid groups (broad SMARTS) is 1. The van der Waals surface area contributed by atoms with Gasteiger partial charge in [-0.2, -0.15) is 5.10 Å². The highest BCUT2D eigenvalue weighted by Crippen LogP contribution is 2.26. The second-order valence-electron chi connectivity index (χ2n) is 4.48. The molecule has 1 atom stereocenters. The van der Waals surface area contributed by atoms with Crippen molar-refractivity contribution in [1.82, 2.24) is 19.7 Å². The number of nitrogens with zero attached hydrogens (tertiary/aromatic N) is 3. The van der Waals surface area contributed by atoms with E-state index in [1.54, 1.807) is 12.1 Å². The molecule has 1 unspecified atom stereocenters. The molecule has 0 bridgehead atoms. The van der Waals surface area contributed by atoms with Crippen molar-refractivity contribution in [2.75, 3.05) is 5.75 Å². The maximum atomic E-state index is 12.0. The number of H-pyrrole nitrogens is 1. The predicted octanol–water partition coefficient (Wildman–Crippen LogP) is 2.59. The molecule has 0 aliphatic carbocycles. The van der Waals surface area contributed by atoms with Gasteiger partial charge in [0, 0.05) is 5.75 Å². The average Bonchev–Trinajstić information content (AvgIpc) is 3.11. The maximum Gasteiger partial charge on any atom is 0.511 e. The van der Waals surface area contributed by atoms with Crippen molar-refractivity contribution >= 4 is 39.6 Å². The maximum absolute atomic E-state index is 12.0. The lowest BCUT2D eigenvalue weighted by molar-refractivity contribution is 0.144. The topological polar surface area (TPSA) is 110 Å². The first-order chi connectivity index (χ1) is 11.0. The zero-order valence-corrected chi connectivity index (χ0v) is 13.4. The fourth-order valence-corrected chi connectivity index (χ4v) is 3.26. The van der Waals surface area contributed by atoms with Crippen molar-refractivity contribution in [2.24, 2.45) is 0 Å². The molecule has 3 aromatic rings. The summed E-state index contributed by atoms with van der Waals surface area (Å²) in [7, 11) is -1.18. The van der Waals surface area contributed by atoms with Crippen LogP contribution in [0.3, 0.4) is 0 Å². The highest BCUT2D eigenvalue weighted by Gasteiger charge is 2.13. The Labute approximate surface area is 137 Å². The standard InChI is InChI=1S/C13H11ClN4O4S/c1-2-23(21)11-4-10-9(3-8(11)14)16-12(17-10)18-6-7(5-15-18)22-13(19)20/h3-6H,2H2,1H3,(H,16,17)(H,19,20). The fourth-order valence-electron chi connectivity index (χ4n) is 2.01. The summed E-state index contributed by atoms with van der Waals surface area (Å²) in [6.07, 6.45) is 1.21. The highest BCUT2D eigenvalue weighted by molar-refractivity contribution is 7.85. The van der Waals surface area contributed by atoms with Crippen LogP contribution in [0.4, 0.5) is 4.79 Å². The lowest BCUT2D eigenvalue weighted by Gasteiger charge is -2.01. The van der Waals surface area contributed by atoms with Crippen LogP contribution in [0, 0.1) is 0 Å². The van der Waals surface area contributed by atoms with E-state index < -0.39 is 17.0 Å². The van der Waals surface area contributed by atoms with Crippen LogP contribution < -0.4 is 4.74 Å². The molecule has 1 aromatic carbocycles. The van der Waals surface area contributed by atoms with Crippen molar-refractivity contribution in [1.29, 1.82) is 0 Å². The summed E-state index contributed by atoms with van der Waals surface area (Å²) in [5, 5.41) is 12.9. The van der Waals surface area contributed by atoms with Crippen molar-refractivity contribution in [3.63, 3.8) is 0 Å². The van der Waals surface area contributed by atoms with Gasteiger partial charge >= 0.3 is 6.16 Å². The van der Waals surface area contributed by atoms with E-state index in [1.165, 1.54) is 17.1 Å². The van der Waals surface area contributed by atoms with E-state index in [9.17, 15) is 9.00 Å². The smallest absolute Gasteiger partial charge is 0.449 e. The quantitative estimate of drug-likeness (QED) is 0.697. The Kier molecular flexibility index (Phi) is 4.05. The van der Waals surface area contributed by atoms with Crippen molar-refractivity contribution in [2.45, 2.75) is 11.8 Å². The second kappa shape index (κ2) is 6.01. The Balaban J connectivity index is 2.01. The molecular formula is C13H11ClN4O4S. The Hall–Kier alpha value is -2.39. The van der Waals surface area contributed by atoms with Gasteiger partial charge in [0.15, 0.2) is 5.75 Å². The zero-order chi connectivity index (χ0) is 16.6. The minimum Gasteiger partial charge on any atom is -0.449 e. The van der Waals surface area contributed by atoms with Crippen molar-refractivity contribution < 1.29 is 18.8 Å². The molecule has 0 saturated carbocycles. The van der Waals surface area contributed by atoms with Crippen LogP contribution in [0.1, 0.15) is 6.92 Å². The molecule has 8 nitrogen and oxygen atoms in total. The van der Waals surface area contributed by atoms with E-state index in [4.69, 9.17) is 16.7 Å². The van der Waals surface area contributed by atoms with Crippen LogP contribution in [0.2, 0.25) is 5.02 Å². The van der Waals surface area contributed by atoms with Gasteiger partial charge in [-0.3, -0.25) is 4.21 Å². The molecule has 3 rings (SSSR count). The Morgan fingerprint density at radius 1 is 1.52 bits per heavy atom. The summed E-state index contributed by atoms with van der Waals surface area (Å²) in [5.41, 5.74) is 1.23. The molecule has 0 radical (unpaired) electrons. The summed E-state index contributed by atoms with van der Waals surface area (Å²) in [6, 6.07) is 3.31. The van der Waals surface area contributed by atoms with Crippen LogP contribution in [0.25, 0.3) is 17.0 Å². The number of benzene rings is 1. The van der Waals surface area contributed by atoms with Gasteiger partial charge in [0.1, 0.15) is 0 Å². The van der Waals surface area contributed by atoms with Crippen molar-refractivity contribution in [3.8, 4) is 11.7 Å². The minimum atomic E-state index is -1.42. The number of ether oxygens (including phenoxy) is 1. The summed E-state index contributed by atoms with van der Waals surface area (Å²) in [5.74, 6) is 0.890. The number of hydrogen-bond donors (Lipinski definition) is 2. The number of carbonyl (C=O) groups is 1. The normalized spacial score (nSPS) is 12.4. The third kappa shape index (κ3) is 3.06. The largest absolute Gasteiger partial charge is 0.511 e. The van der Waals surface area contributed by atoms with Gasteiger partial charge in [-0.1, -0.05) is 18.5 Å². The third-order valence-corrected chi connectivity index (χ3v) is 4.79. The zero-order valence-electron chi connectivity index (χ0n) is 11.8.